The average Bonchev–Trinajstić information content (AvgIpc) is 3.47. The molecule has 1 aromatic heterocycles. The monoisotopic (exact) mass is 379 g/mol. The van der Waals surface area contributed by atoms with E-state index in [1.54, 1.807) is 25.1 Å². The normalized spacial score (nSPS) is 23.8. The van der Waals surface area contributed by atoms with Gasteiger partial charge in [0.25, 0.3) is 0 Å². The van der Waals surface area contributed by atoms with Crippen LogP contribution in [0, 0.1) is 18.8 Å². The predicted octanol–water partition coefficient (Wildman–Crippen LogP) is 4.02. The van der Waals surface area contributed by atoms with Crippen molar-refractivity contribution in [2.24, 2.45) is 11.8 Å². The highest BCUT2D eigenvalue weighted by molar-refractivity contribution is 5.96. The van der Waals surface area contributed by atoms with Gasteiger partial charge >= 0.3 is 5.97 Å². The highest BCUT2D eigenvalue weighted by atomic mass is 16.4. The minimum atomic E-state index is -0.971. The Morgan fingerprint density at radius 1 is 1.21 bits per heavy atom. The van der Waals surface area contributed by atoms with E-state index in [4.69, 9.17) is 0 Å². The van der Waals surface area contributed by atoms with Gasteiger partial charge in [-0.2, -0.15) is 0 Å². The standard InChI is InChI=1S/C22H25N3O3/c1-12-5-4-6-19(23-12)24-20-13(2)21(15-7-8-15)25(14(3)26)18-10-9-16(22(27)28)11-17(18)20/h4-6,9-11,13,15,20-21H,7-8H2,1-3H3,(H,23,24)(H,27,28). The van der Waals surface area contributed by atoms with Crippen molar-refractivity contribution in [1.29, 1.82) is 0 Å². The lowest BCUT2D eigenvalue weighted by molar-refractivity contribution is -0.117. The van der Waals surface area contributed by atoms with E-state index in [0.29, 0.717) is 5.92 Å². The molecule has 3 unspecified atom stereocenters. The van der Waals surface area contributed by atoms with Gasteiger partial charge in [-0.15, -0.1) is 0 Å². The van der Waals surface area contributed by atoms with Crippen molar-refractivity contribution in [3.05, 3.63) is 53.2 Å². The lowest BCUT2D eigenvalue weighted by atomic mass is 9.79. The molecule has 0 bridgehead atoms. The lowest BCUT2D eigenvalue weighted by Crippen LogP contribution is -2.51. The van der Waals surface area contributed by atoms with E-state index in [-0.39, 0.29) is 29.5 Å². The van der Waals surface area contributed by atoms with E-state index < -0.39 is 5.97 Å². The number of hydrogen-bond acceptors (Lipinski definition) is 4. The van der Waals surface area contributed by atoms with Gasteiger partial charge in [0.1, 0.15) is 5.82 Å². The number of benzene rings is 1. The molecule has 6 nitrogen and oxygen atoms in total. The Labute approximate surface area is 164 Å². The van der Waals surface area contributed by atoms with Crippen molar-refractivity contribution < 1.29 is 14.7 Å². The van der Waals surface area contributed by atoms with Gasteiger partial charge in [-0.25, -0.2) is 9.78 Å². The average molecular weight is 379 g/mol. The summed E-state index contributed by atoms with van der Waals surface area (Å²) in [7, 11) is 0. The molecule has 1 aromatic carbocycles. The second kappa shape index (κ2) is 6.93. The van der Waals surface area contributed by atoms with E-state index in [2.05, 4.69) is 17.2 Å². The highest BCUT2D eigenvalue weighted by Gasteiger charge is 2.47. The molecule has 6 heteroatoms. The molecule has 2 aromatic rings. The molecular weight excluding hydrogens is 354 g/mol. The number of carbonyl (C=O) groups is 2. The van der Waals surface area contributed by atoms with E-state index in [0.717, 1.165) is 35.6 Å². The summed E-state index contributed by atoms with van der Waals surface area (Å²) in [5, 5.41) is 13.0. The first-order chi connectivity index (χ1) is 13.4. The molecule has 2 aliphatic rings. The van der Waals surface area contributed by atoms with Gasteiger partial charge in [0, 0.05) is 30.3 Å². The number of hydrogen-bond donors (Lipinski definition) is 2. The molecule has 3 atom stereocenters. The molecule has 146 valence electrons. The van der Waals surface area contributed by atoms with Gasteiger partial charge in [0.05, 0.1) is 11.6 Å². The summed E-state index contributed by atoms with van der Waals surface area (Å²) >= 11 is 0. The summed E-state index contributed by atoms with van der Waals surface area (Å²) in [4.78, 5) is 30.6. The van der Waals surface area contributed by atoms with E-state index in [1.165, 1.54) is 0 Å². The Hall–Kier alpha value is -2.89. The van der Waals surface area contributed by atoms with Crippen LogP contribution in [0.5, 0.6) is 0 Å². The topological polar surface area (TPSA) is 82.5 Å². The van der Waals surface area contributed by atoms with Crippen LogP contribution in [0.4, 0.5) is 11.5 Å². The Kier molecular flexibility index (Phi) is 4.57. The third-order valence-electron chi connectivity index (χ3n) is 5.87. The number of pyridine rings is 1. The lowest BCUT2D eigenvalue weighted by Gasteiger charge is -2.46. The minimum Gasteiger partial charge on any atom is -0.478 e. The first-order valence-corrected chi connectivity index (χ1v) is 9.74. The summed E-state index contributed by atoms with van der Waals surface area (Å²) < 4.78 is 0. The first kappa shape index (κ1) is 18.5. The number of nitrogens with zero attached hydrogens (tertiary/aromatic N) is 2. The molecule has 1 saturated carbocycles. The molecular formula is C22H25N3O3. The largest absolute Gasteiger partial charge is 0.478 e. The van der Waals surface area contributed by atoms with E-state index >= 15 is 0 Å². The quantitative estimate of drug-likeness (QED) is 0.838. The zero-order valence-electron chi connectivity index (χ0n) is 16.3. The van der Waals surface area contributed by atoms with Crippen molar-refractivity contribution in [1.82, 2.24) is 4.98 Å². The fourth-order valence-corrected chi connectivity index (χ4v) is 4.48. The van der Waals surface area contributed by atoms with Crippen LogP contribution in [0.15, 0.2) is 36.4 Å². The Balaban J connectivity index is 1.83. The number of carbonyl (C=O) groups excluding carboxylic acids is 1. The maximum absolute atomic E-state index is 12.6. The SMILES string of the molecule is CC(=O)N1c2ccc(C(=O)O)cc2C(Nc2cccc(C)n2)C(C)C1C1CC1. The molecule has 28 heavy (non-hydrogen) atoms. The van der Waals surface area contributed by atoms with E-state index in [9.17, 15) is 14.7 Å². The molecule has 1 aliphatic heterocycles. The highest BCUT2D eigenvalue weighted by Crippen LogP contribution is 2.50. The summed E-state index contributed by atoms with van der Waals surface area (Å²) in [6.45, 7) is 5.67. The number of rotatable bonds is 4. The number of anilines is 2. The molecule has 1 aliphatic carbocycles. The van der Waals surface area contributed by atoms with Crippen LogP contribution >= 0.6 is 0 Å². The van der Waals surface area contributed by atoms with Crippen LogP contribution in [0.1, 0.15) is 54.3 Å². The van der Waals surface area contributed by atoms with Gasteiger partial charge in [-0.1, -0.05) is 13.0 Å². The molecule has 0 saturated heterocycles. The maximum atomic E-state index is 12.6. The zero-order chi connectivity index (χ0) is 20.0. The van der Waals surface area contributed by atoms with Crippen molar-refractivity contribution >= 4 is 23.4 Å². The fraction of sp³-hybridized carbons (Fsp3) is 0.409. The zero-order valence-corrected chi connectivity index (χ0v) is 16.3. The summed E-state index contributed by atoms with van der Waals surface area (Å²) in [5.74, 6) is 0.396. The maximum Gasteiger partial charge on any atom is 0.335 e. The minimum absolute atomic E-state index is 0.000190. The number of carboxylic acids is 1. The summed E-state index contributed by atoms with van der Waals surface area (Å²) in [6.07, 6.45) is 2.24. The fourth-order valence-electron chi connectivity index (χ4n) is 4.48. The van der Waals surface area contributed by atoms with Gasteiger partial charge in [0.15, 0.2) is 0 Å². The van der Waals surface area contributed by atoms with Gasteiger partial charge < -0.3 is 15.3 Å². The van der Waals surface area contributed by atoms with Crippen LogP contribution in [0.3, 0.4) is 0 Å². The van der Waals surface area contributed by atoms with E-state index in [1.807, 2.05) is 30.0 Å². The third kappa shape index (κ3) is 3.23. The second-order valence-electron chi connectivity index (χ2n) is 7.94. The molecule has 0 radical (unpaired) electrons. The molecule has 2 N–H and O–H groups in total. The molecule has 4 rings (SSSR count). The van der Waals surface area contributed by atoms with Gasteiger partial charge in [-0.3, -0.25) is 4.79 Å². The van der Waals surface area contributed by atoms with Gasteiger partial charge in [0.2, 0.25) is 5.91 Å². The number of aryl methyl sites for hydroxylation is 1. The smallest absolute Gasteiger partial charge is 0.335 e. The van der Waals surface area contributed by atoms with Crippen LogP contribution in [-0.2, 0) is 4.79 Å². The first-order valence-electron chi connectivity index (χ1n) is 9.74. The number of nitrogens with one attached hydrogen (secondary N) is 1. The van der Waals surface area contributed by atoms with Crippen molar-refractivity contribution in [3.63, 3.8) is 0 Å². The molecule has 1 amide bonds. The van der Waals surface area contributed by atoms with Crippen LogP contribution in [-0.4, -0.2) is 28.0 Å². The number of amides is 1. The molecule has 1 fully saturated rings. The number of carboxylic acid groups (broad SMARTS) is 1. The van der Waals surface area contributed by atoms with Crippen molar-refractivity contribution in [3.8, 4) is 0 Å². The predicted molar refractivity (Wildman–Crippen MR) is 108 cm³/mol. The van der Waals surface area contributed by atoms with Crippen molar-refractivity contribution in [2.75, 3.05) is 10.2 Å². The van der Waals surface area contributed by atoms with Crippen molar-refractivity contribution in [2.45, 2.75) is 45.7 Å². The number of aromatic carboxylic acids is 1. The van der Waals surface area contributed by atoms with Crippen LogP contribution < -0.4 is 10.2 Å². The van der Waals surface area contributed by atoms with Gasteiger partial charge in [-0.05, 0) is 61.6 Å². The second-order valence-corrected chi connectivity index (χ2v) is 7.94. The Bertz CT molecular complexity index is 938. The molecule has 2 heterocycles. The summed E-state index contributed by atoms with van der Waals surface area (Å²) in [5.41, 5.74) is 2.78. The summed E-state index contributed by atoms with van der Waals surface area (Å²) in [6, 6.07) is 10.8. The number of fused-ring (bicyclic) bond motifs is 1. The Morgan fingerprint density at radius 3 is 2.57 bits per heavy atom. The third-order valence-corrected chi connectivity index (χ3v) is 5.87. The Morgan fingerprint density at radius 2 is 1.96 bits per heavy atom. The van der Waals surface area contributed by atoms with Crippen LogP contribution in [0.25, 0.3) is 0 Å². The number of aromatic nitrogens is 1. The molecule has 0 spiro atoms. The van der Waals surface area contributed by atoms with Crippen LogP contribution in [0.2, 0.25) is 0 Å².